The zero-order valence-corrected chi connectivity index (χ0v) is 14.2. The molecule has 2 aliphatic rings. The van der Waals surface area contributed by atoms with Gasteiger partial charge in [0.25, 0.3) is 5.91 Å². The molecular weight excluding hydrogens is 298 g/mol. The Kier molecular flexibility index (Phi) is 4.48. The van der Waals surface area contributed by atoms with E-state index in [4.69, 9.17) is 4.98 Å². The van der Waals surface area contributed by atoms with Crippen LogP contribution in [0.3, 0.4) is 0 Å². The molecule has 0 saturated carbocycles. The number of amides is 1. The fourth-order valence-corrected chi connectivity index (χ4v) is 4.17. The molecule has 2 heterocycles. The second-order valence-electron chi connectivity index (χ2n) is 7.17. The molecule has 1 aliphatic heterocycles. The first-order valence-electron chi connectivity index (χ1n) is 9.35. The van der Waals surface area contributed by atoms with Crippen LogP contribution in [0.1, 0.15) is 43.4 Å². The summed E-state index contributed by atoms with van der Waals surface area (Å²) in [6, 6.07) is 8.17. The highest BCUT2D eigenvalue weighted by atomic mass is 16.2. The summed E-state index contributed by atoms with van der Waals surface area (Å²) in [4.78, 5) is 18.9. The summed E-state index contributed by atoms with van der Waals surface area (Å²) in [6.07, 6.45) is 8.31. The van der Waals surface area contributed by atoms with Gasteiger partial charge in [-0.2, -0.15) is 0 Å². The van der Waals surface area contributed by atoms with Gasteiger partial charge in [0.2, 0.25) is 0 Å². The number of aryl methyl sites for hydroxylation is 1. The van der Waals surface area contributed by atoms with Crippen LogP contribution in [0.25, 0.3) is 10.9 Å². The Balaban J connectivity index is 1.58. The minimum atomic E-state index is 0.150. The maximum atomic E-state index is 12.7. The number of aromatic nitrogens is 1. The standard InChI is InChI=1S/C20H25N3O/c24-19(14-23-12-5-1-2-6-13-23)22-20-15-8-3-4-10-17(15)21-18-11-7-9-16(18)20/h3-4,8,10H,1-2,5-7,9,11-14H2,(H,21,22,24)/p+1. The van der Waals surface area contributed by atoms with Gasteiger partial charge in [-0.3, -0.25) is 9.78 Å². The zero-order chi connectivity index (χ0) is 16.4. The number of nitrogens with zero attached hydrogens (tertiary/aromatic N) is 1. The Morgan fingerprint density at radius 2 is 1.83 bits per heavy atom. The van der Waals surface area contributed by atoms with Crippen molar-refractivity contribution in [1.82, 2.24) is 4.98 Å². The van der Waals surface area contributed by atoms with Crippen LogP contribution in [0.15, 0.2) is 24.3 Å². The Hall–Kier alpha value is -1.94. The topological polar surface area (TPSA) is 46.4 Å². The Labute approximate surface area is 143 Å². The van der Waals surface area contributed by atoms with Crippen LogP contribution in [0.2, 0.25) is 0 Å². The van der Waals surface area contributed by atoms with E-state index in [0.29, 0.717) is 6.54 Å². The summed E-state index contributed by atoms with van der Waals surface area (Å²) in [7, 11) is 0. The molecule has 1 saturated heterocycles. The molecule has 2 aromatic rings. The maximum absolute atomic E-state index is 12.7. The number of fused-ring (bicyclic) bond motifs is 2. The van der Waals surface area contributed by atoms with E-state index >= 15 is 0 Å². The van der Waals surface area contributed by atoms with Crippen molar-refractivity contribution in [3.05, 3.63) is 35.5 Å². The summed E-state index contributed by atoms with van der Waals surface area (Å²) >= 11 is 0. The summed E-state index contributed by atoms with van der Waals surface area (Å²) in [5.41, 5.74) is 4.45. The molecule has 0 spiro atoms. The van der Waals surface area contributed by atoms with E-state index in [1.807, 2.05) is 18.2 Å². The quantitative estimate of drug-likeness (QED) is 0.908. The molecule has 0 atom stereocenters. The Morgan fingerprint density at radius 1 is 1.04 bits per heavy atom. The van der Waals surface area contributed by atoms with Gasteiger partial charge in [0, 0.05) is 11.1 Å². The van der Waals surface area contributed by atoms with Crippen molar-refractivity contribution in [3.63, 3.8) is 0 Å². The largest absolute Gasteiger partial charge is 0.327 e. The smallest absolute Gasteiger partial charge is 0.279 e. The lowest BCUT2D eigenvalue weighted by molar-refractivity contribution is -0.890. The van der Waals surface area contributed by atoms with Gasteiger partial charge in [-0.25, -0.2) is 0 Å². The van der Waals surface area contributed by atoms with Crippen molar-refractivity contribution in [1.29, 1.82) is 0 Å². The van der Waals surface area contributed by atoms with Gasteiger partial charge in [-0.15, -0.1) is 0 Å². The number of pyridine rings is 1. The van der Waals surface area contributed by atoms with Crippen LogP contribution in [-0.4, -0.2) is 30.5 Å². The molecule has 1 aliphatic carbocycles. The van der Waals surface area contributed by atoms with E-state index in [-0.39, 0.29) is 5.91 Å². The Morgan fingerprint density at radius 3 is 2.67 bits per heavy atom. The van der Waals surface area contributed by atoms with E-state index in [0.717, 1.165) is 48.9 Å². The van der Waals surface area contributed by atoms with E-state index in [9.17, 15) is 4.79 Å². The number of carbonyl (C=O) groups excluding carboxylic acids is 1. The lowest BCUT2D eigenvalue weighted by Gasteiger charge is -2.18. The van der Waals surface area contributed by atoms with Crippen molar-refractivity contribution in [3.8, 4) is 0 Å². The van der Waals surface area contributed by atoms with Gasteiger partial charge in [0.15, 0.2) is 6.54 Å². The number of nitrogens with one attached hydrogen (secondary N) is 2. The first kappa shape index (κ1) is 15.6. The molecule has 0 unspecified atom stereocenters. The number of rotatable bonds is 3. The third-order valence-corrected chi connectivity index (χ3v) is 5.40. The summed E-state index contributed by atoms with van der Waals surface area (Å²) in [5, 5.41) is 4.33. The summed E-state index contributed by atoms with van der Waals surface area (Å²) < 4.78 is 0. The van der Waals surface area contributed by atoms with E-state index < -0.39 is 0 Å². The molecule has 1 amide bonds. The van der Waals surface area contributed by atoms with Crippen LogP contribution < -0.4 is 10.2 Å². The monoisotopic (exact) mass is 324 g/mol. The van der Waals surface area contributed by atoms with Crippen LogP contribution in [-0.2, 0) is 17.6 Å². The molecule has 24 heavy (non-hydrogen) atoms. The van der Waals surface area contributed by atoms with Crippen LogP contribution in [0.4, 0.5) is 5.69 Å². The van der Waals surface area contributed by atoms with Crippen molar-refractivity contribution in [2.45, 2.75) is 44.9 Å². The molecule has 126 valence electrons. The maximum Gasteiger partial charge on any atom is 0.279 e. The van der Waals surface area contributed by atoms with E-state index in [1.165, 1.54) is 41.8 Å². The predicted octanol–water partition coefficient (Wildman–Crippen LogP) is 2.12. The highest BCUT2D eigenvalue weighted by Crippen LogP contribution is 2.33. The molecule has 1 aromatic heterocycles. The SMILES string of the molecule is O=C(C[NH+]1CCCCCC1)Nc1c2c(nc3ccccc13)CCC2. The highest BCUT2D eigenvalue weighted by Gasteiger charge is 2.22. The molecule has 1 fully saturated rings. The second kappa shape index (κ2) is 6.89. The van der Waals surface area contributed by atoms with Gasteiger partial charge in [0.1, 0.15) is 0 Å². The number of benzene rings is 1. The number of carbonyl (C=O) groups is 1. The second-order valence-corrected chi connectivity index (χ2v) is 7.17. The Bertz CT molecular complexity index is 748. The third-order valence-electron chi connectivity index (χ3n) is 5.40. The molecule has 0 bridgehead atoms. The fraction of sp³-hybridized carbons (Fsp3) is 0.500. The molecule has 4 heteroatoms. The van der Waals surface area contributed by atoms with Crippen LogP contribution in [0, 0.1) is 0 Å². The number of quaternary nitrogens is 1. The zero-order valence-electron chi connectivity index (χ0n) is 14.2. The number of hydrogen-bond donors (Lipinski definition) is 2. The highest BCUT2D eigenvalue weighted by molar-refractivity contribution is 6.03. The number of likely N-dealkylation sites (tertiary alicyclic amines) is 1. The van der Waals surface area contributed by atoms with Gasteiger partial charge < -0.3 is 10.2 Å². The first-order chi connectivity index (χ1) is 11.8. The number of para-hydroxylation sites is 1. The van der Waals surface area contributed by atoms with Crippen LogP contribution in [0.5, 0.6) is 0 Å². The lowest BCUT2D eigenvalue weighted by Crippen LogP contribution is -3.12. The minimum absolute atomic E-state index is 0.150. The van der Waals surface area contributed by atoms with E-state index in [1.54, 1.807) is 0 Å². The normalized spacial score (nSPS) is 18.3. The summed E-state index contributed by atoms with van der Waals surface area (Å²) in [5.74, 6) is 0.150. The predicted molar refractivity (Wildman–Crippen MR) is 96.4 cm³/mol. The van der Waals surface area contributed by atoms with Gasteiger partial charge in [0.05, 0.1) is 24.3 Å². The molecule has 4 rings (SSSR count). The fourth-order valence-electron chi connectivity index (χ4n) is 4.17. The van der Waals surface area contributed by atoms with Crippen molar-refractivity contribution in [2.24, 2.45) is 0 Å². The molecule has 2 N–H and O–H groups in total. The minimum Gasteiger partial charge on any atom is -0.327 e. The number of hydrogen-bond acceptors (Lipinski definition) is 2. The third kappa shape index (κ3) is 3.16. The van der Waals surface area contributed by atoms with Gasteiger partial charge in [-0.05, 0) is 56.6 Å². The van der Waals surface area contributed by atoms with Crippen LogP contribution >= 0.6 is 0 Å². The van der Waals surface area contributed by atoms with Crippen molar-refractivity contribution < 1.29 is 9.69 Å². The van der Waals surface area contributed by atoms with Gasteiger partial charge >= 0.3 is 0 Å². The molecule has 1 aromatic carbocycles. The van der Waals surface area contributed by atoms with Crippen molar-refractivity contribution >= 4 is 22.5 Å². The average Bonchev–Trinajstić information content (AvgIpc) is 2.91. The molecular formula is C20H26N3O+. The van der Waals surface area contributed by atoms with Gasteiger partial charge in [-0.1, -0.05) is 18.2 Å². The number of anilines is 1. The van der Waals surface area contributed by atoms with Crippen molar-refractivity contribution in [2.75, 3.05) is 25.0 Å². The summed E-state index contributed by atoms with van der Waals surface area (Å²) in [6.45, 7) is 2.84. The average molecular weight is 324 g/mol. The first-order valence-corrected chi connectivity index (χ1v) is 9.35. The van der Waals surface area contributed by atoms with E-state index in [2.05, 4.69) is 11.4 Å². The molecule has 0 radical (unpaired) electrons. The lowest BCUT2D eigenvalue weighted by atomic mass is 10.1. The molecule has 4 nitrogen and oxygen atoms in total.